The lowest BCUT2D eigenvalue weighted by molar-refractivity contribution is -0.0501. The molecule has 21 heavy (non-hydrogen) atoms. The van der Waals surface area contributed by atoms with Crippen molar-refractivity contribution in [2.24, 2.45) is 0 Å². The molecule has 1 aromatic carbocycles. The van der Waals surface area contributed by atoms with E-state index in [-0.39, 0.29) is 27.1 Å². The van der Waals surface area contributed by atoms with Crippen LogP contribution in [-0.2, 0) is 10.1 Å². The highest BCUT2D eigenvalue weighted by Crippen LogP contribution is 2.43. The van der Waals surface area contributed by atoms with Crippen LogP contribution in [0.5, 0.6) is 23.0 Å². The molecule has 0 aromatic heterocycles. The van der Waals surface area contributed by atoms with Crippen molar-refractivity contribution in [3.63, 3.8) is 0 Å². The number of alkyl halides is 3. The molecule has 0 spiro atoms. The second-order valence-corrected chi connectivity index (χ2v) is 4.88. The first-order valence-corrected chi connectivity index (χ1v) is 6.38. The Morgan fingerprint density at radius 2 is 1.38 bits per heavy atom. The molecule has 6 nitrogen and oxygen atoms in total. The number of ether oxygens (including phenoxy) is 3. The normalized spacial score (nSPS) is 11.3. The van der Waals surface area contributed by atoms with Gasteiger partial charge >= 0.3 is 15.6 Å². The predicted molar refractivity (Wildman–Crippen MR) is 72.8 cm³/mol. The Labute approximate surface area is 122 Å². The number of hydrogen-bond acceptors (Lipinski definition) is 6. The summed E-state index contributed by atoms with van der Waals surface area (Å²) >= 11 is 0. The Hall–Kier alpha value is -1.41. The molecular formula is C10H14F3O6PS. The molecule has 0 saturated carbocycles. The van der Waals surface area contributed by atoms with Gasteiger partial charge in [0.15, 0.2) is 11.5 Å². The lowest BCUT2D eigenvalue weighted by Crippen LogP contribution is -2.28. The third-order valence-electron chi connectivity index (χ3n) is 2.15. The molecule has 0 aliphatic rings. The highest BCUT2D eigenvalue weighted by Gasteiger charge is 2.49. The summed E-state index contributed by atoms with van der Waals surface area (Å²) in [7, 11) is -2.28. The van der Waals surface area contributed by atoms with Crippen LogP contribution in [0.15, 0.2) is 12.1 Å². The summed E-state index contributed by atoms with van der Waals surface area (Å²) in [6, 6.07) is 2.31. The maximum absolute atomic E-state index is 12.3. The smallest absolute Gasteiger partial charge is 0.496 e. The molecule has 0 aliphatic carbocycles. The minimum Gasteiger partial charge on any atom is -0.496 e. The van der Waals surface area contributed by atoms with Gasteiger partial charge in [0.1, 0.15) is 5.75 Å². The van der Waals surface area contributed by atoms with Crippen LogP contribution < -0.4 is 18.4 Å². The second kappa shape index (κ2) is 7.04. The molecule has 0 saturated heterocycles. The minimum absolute atomic E-state index is 0. The van der Waals surface area contributed by atoms with Crippen molar-refractivity contribution in [2.45, 2.75) is 5.51 Å². The van der Waals surface area contributed by atoms with Crippen molar-refractivity contribution in [2.75, 3.05) is 21.3 Å². The first-order chi connectivity index (χ1) is 9.16. The van der Waals surface area contributed by atoms with E-state index in [1.54, 1.807) is 0 Å². The van der Waals surface area contributed by atoms with Gasteiger partial charge in [0.2, 0.25) is 5.75 Å². The highest BCUT2D eigenvalue weighted by molar-refractivity contribution is 7.88. The summed E-state index contributed by atoms with van der Waals surface area (Å²) in [6.07, 6.45) is 0. The Bertz CT molecular complexity index is 562. The Kier molecular flexibility index (Phi) is 6.56. The molecule has 1 atom stereocenters. The molecule has 0 heterocycles. The van der Waals surface area contributed by atoms with Gasteiger partial charge in [-0.3, -0.25) is 0 Å². The zero-order valence-electron chi connectivity index (χ0n) is 11.4. The quantitative estimate of drug-likeness (QED) is 0.460. The van der Waals surface area contributed by atoms with E-state index in [9.17, 15) is 21.6 Å². The first kappa shape index (κ1) is 19.6. The number of benzene rings is 1. The van der Waals surface area contributed by atoms with E-state index in [4.69, 9.17) is 14.2 Å². The van der Waals surface area contributed by atoms with Crippen molar-refractivity contribution < 1.29 is 40.0 Å². The standard InChI is InChI=1S/C10H11F3O6S.H3P/c1-16-6-4-7(17-2)9(8(5-6)18-3)19-20(14,15)10(11,12)13;/h4-5H,1-3H3;1H3. The van der Waals surface area contributed by atoms with E-state index < -0.39 is 21.4 Å². The summed E-state index contributed by atoms with van der Waals surface area (Å²) in [6.45, 7) is 0. The fourth-order valence-corrected chi connectivity index (χ4v) is 1.69. The molecule has 0 aliphatic heterocycles. The fourth-order valence-electron chi connectivity index (χ4n) is 1.21. The number of hydrogen-bond donors (Lipinski definition) is 0. The van der Waals surface area contributed by atoms with Crippen molar-refractivity contribution in [1.29, 1.82) is 0 Å². The van der Waals surface area contributed by atoms with Crippen LogP contribution in [0.4, 0.5) is 13.2 Å². The Morgan fingerprint density at radius 3 is 1.67 bits per heavy atom. The van der Waals surface area contributed by atoms with Crippen LogP contribution in [-0.4, -0.2) is 35.3 Å². The summed E-state index contributed by atoms with van der Waals surface area (Å²) in [5.41, 5.74) is -5.57. The van der Waals surface area contributed by atoms with Crippen LogP contribution in [0.1, 0.15) is 0 Å². The Morgan fingerprint density at radius 1 is 0.952 bits per heavy atom. The number of rotatable bonds is 5. The third-order valence-corrected chi connectivity index (χ3v) is 3.10. The fraction of sp³-hybridized carbons (Fsp3) is 0.400. The lowest BCUT2D eigenvalue weighted by Gasteiger charge is -2.16. The van der Waals surface area contributed by atoms with Crippen LogP contribution >= 0.6 is 9.90 Å². The molecular weight excluding hydrogens is 336 g/mol. The number of halogens is 3. The summed E-state index contributed by atoms with van der Waals surface area (Å²) in [5, 5.41) is 0. The van der Waals surface area contributed by atoms with Crippen molar-refractivity contribution >= 4 is 20.0 Å². The molecule has 0 fully saturated rings. The molecule has 1 unspecified atom stereocenters. The molecule has 1 rings (SSSR count). The maximum Gasteiger partial charge on any atom is 0.534 e. The van der Waals surface area contributed by atoms with E-state index in [1.807, 2.05) is 0 Å². The van der Waals surface area contributed by atoms with Gasteiger partial charge in [-0.05, 0) is 0 Å². The largest absolute Gasteiger partial charge is 0.534 e. The van der Waals surface area contributed by atoms with Crippen molar-refractivity contribution in [1.82, 2.24) is 0 Å². The summed E-state index contributed by atoms with van der Waals surface area (Å²) < 4.78 is 77.5. The monoisotopic (exact) mass is 350 g/mol. The van der Waals surface area contributed by atoms with E-state index in [0.29, 0.717) is 0 Å². The van der Waals surface area contributed by atoms with Crippen LogP contribution in [0.25, 0.3) is 0 Å². The van der Waals surface area contributed by atoms with Crippen LogP contribution in [0.2, 0.25) is 0 Å². The summed E-state index contributed by atoms with van der Waals surface area (Å²) in [4.78, 5) is 0. The topological polar surface area (TPSA) is 71.1 Å². The van der Waals surface area contributed by atoms with Gasteiger partial charge in [-0.15, -0.1) is 0 Å². The second-order valence-electron chi connectivity index (χ2n) is 3.34. The maximum atomic E-state index is 12.3. The van der Waals surface area contributed by atoms with E-state index in [1.165, 1.54) is 7.11 Å². The van der Waals surface area contributed by atoms with Crippen LogP contribution in [0, 0.1) is 0 Å². The average molecular weight is 350 g/mol. The van der Waals surface area contributed by atoms with Crippen molar-refractivity contribution in [3.05, 3.63) is 12.1 Å². The molecule has 11 heteroatoms. The van der Waals surface area contributed by atoms with Gasteiger partial charge < -0.3 is 18.4 Å². The van der Waals surface area contributed by atoms with E-state index >= 15 is 0 Å². The van der Waals surface area contributed by atoms with Gasteiger partial charge in [0.05, 0.1) is 21.3 Å². The molecule has 1 aromatic rings. The average Bonchev–Trinajstić information content (AvgIpc) is 2.37. The van der Waals surface area contributed by atoms with Gasteiger partial charge in [-0.1, -0.05) is 0 Å². The van der Waals surface area contributed by atoms with Crippen LogP contribution in [0.3, 0.4) is 0 Å². The minimum atomic E-state index is -5.84. The van der Waals surface area contributed by atoms with Gasteiger partial charge in [0, 0.05) is 12.1 Å². The van der Waals surface area contributed by atoms with Gasteiger partial charge in [-0.25, -0.2) is 0 Å². The van der Waals surface area contributed by atoms with E-state index in [2.05, 4.69) is 4.18 Å². The number of methoxy groups -OCH3 is 3. The molecule has 0 radical (unpaired) electrons. The lowest BCUT2D eigenvalue weighted by atomic mass is 10.2. The molecule has 0 amide bonds. The van der Waals surface area contributed by atoms with Gasteiger partial charge in [-0.2, -0.15) is 31.5 Å². The molecule has 122 valence electrons. The molecule has 0 N–H and O–H groups in total. The SMILES string of the molecule is COc1cc(OC)c(OS(=O)(=O)C(F)(F)F)c(OC)c1.P. The third kappa shape index (κ3) is 4.28. The highest BCUT2D eigenvalue weighted by atomic mass is 32.2. The van der Waals surface area contributed by atoms with Gasteiger partial charge in [0.25, 0.3) is 0 Å². The Balaban J connectivity index is 0.00000400. The first-order valence-electron chi connectivity index (χ1n) is 4.97. The zero-order valence-corrected chi connectivity index (χ0v) is 13.6. The predicted octanol–water partition coefficient (Wildman–Crippen LogP) is 2.00. The van der Waals surface area contributed by atoms with E-state index in [0.717, 1.165) is 26.4 Å². The van der Waals surface area contributed by atoms with Crippen molar-refractivity contribution in [3.8, 4) is 23.0 Å². The zero-order chi connectivity index (χ0) is 15.6. The molecule has 0 bridgehead atoms. The summed E-state index contributed by atoms with van der Waals surface area (Å²) in [5.74, 6) is -1.09.